The Morgan fingerprint density at radius 1 is 1.04 bits per heavy atom. The summed E-state index contributed by atoms with van der Waals surface area (Å²) in [4.78, 5) is 38.2. The molecular weight excluding hydrogens is 294 g/mol. The maximum absolute atomic E-state index is 12.5. The molecule has 1 saturated carbocycles. The molecule has 0 spiro atoms. The Morgan fingerprint density at radius 2 is 1.57 bits per heavy atom. The molecule has 0 radical (unpaired) electrons. The van der Waals surface area contributed by atoms with E-state index in [1.165, 1.54) is 4.90 Å². The smallest absolute Gasteiger partial charge is 0.338 e. The van der Waals surface area contributed by atoms with Gasteiger partial charge in [0.25, 0.3) is 0 Å². The molecule has 23 heavy (non-hydrogen) atoms. The van der Waals surface area contributed by atoms with Crippen LogP contribution in [0.25, 0.3) is 0 Å². The van der Waals surface area contributed by atoms with Crippen molar-refractivity contribution in [3.05, 3.63) is 29.8 Å². The Morgan fingerprint density at radius 3 is 2.04 bits per heavy atom. The number of carbonyl (C=O) groups is 3. The molecule has 1 aromatic rings. The number of hydrogen-bond donors (Lipinski definition) is 0. The lowest BCUT2D eigenvalue weighted by Crippen LogP contribution is -2.30. The summed E-state index contributed by atoms with van der Waals surface area (Å²) in [7, 11) is 0. The van der Waals surface area contributed by atoms with Gasteiger partial charge in [0.15, 0.2) is 0 Å². The van der Waals surface area contributed by atoms with Crippen molar-refractivity contribution >= 4 is 23.5 Å². The highest BCUT2D eigenvalue weighted by atomic mass is 16.5. The molecule has 0 N–H and O–H groups in total. The van der Waals surface area contributed by atoms with Crippen molar-refractivity contribution in [2.24, 2.45) is 11.8 Å². The number of carbonyl (C=O) groups excluding carboxylic acids is 3. The molecule has 1 saturated heterocycles. The van der Waals surface area contributed by atoms with E-state index in [1.54, 1.807) is 38.1 Å². The summed E-state index contributed by atoms with van der Waals surface area (Å²) in [6.07, 6.45) is 3.42. The summed E-state index contributed by atoms with van der Waals surface area (Å²) in [6, 6.07) is 6.49. The van der Waals surface area contributed by atoms with Crippen LogP contribution in [0.15, 0.2) is 24.3 Å². The number of rotatable bonds is 3. The molecule has 2 fully saturated rings. The minimum absolute atomic E-state index is 0.0998. The third-order valence-electron chi connectivity index (χ3n) is 4.55. The van der Waals surface area contributed by atoms with E-state index in [2.05, 4.69) is 0 Å². The van der Waals surface area contributed by atoms with Crippen molar-refractivity contribution in [3.63, 3.8) is 0 Å². The molecular formula is C18H21NO4. The SMILES string of the molecule is CC(C)OC(=O)c1ccc(N2C(=O)C3CCCCC3C2=O)cc1. The molecule has 0 aromatic heterocycles. The number of amides is 2. The van der Waals surface area contributed by atoms with Gasteiger partial charge in [-0.05, 0) is 51.0 Å². The summed E-state index contributed by atoms with van der Waals surface area (Å²) in [6.45, 7) is 3.57. The lowest BCUT2D eigenvalue weighted by Gasteiger charge is -2.19. The molecule has 2 aliphatic rings. The van der Waals surface area contributed by atoms with Crippen molar-refractivity contribution in [2.45, 2.75) is 45.6 Å². The minimum Gasteiger partial charge on any atom is -0.459 e. The third-order valence-corrected chi connectivity index (χ3v) is 4.55. The quantitative estimate of drug-likeness (QED) is 0.635. The van der Waals surface area contributed by atoms with Crippen LogP contribution in [0.3, 0.4) is 0 Å². The van der Waals surface area contributed by atoms with Crippen LogP contribution >= 0.6 is 0 Å². The van der Waals surface area contributed by atoms with Crippen molar-refractivity contribution in [1.29, 1.82) is 0 Å². The number of ether oxygens (including phenoxy) is 1. The molecule has 5 heteroatoms. The summed E-state index contributed by atoms with van der Waals surface area (Å²) in [5, 5.41) is 0. The van der Waals surface area contributed by atoms with Gasteiger partial charge in [0, 0.05) is 0 Å². The van der Waals surface area contributed by atoms with Crippen LogP contribution in [0.4, 0.5) is 5.69 Å². The van der Waals surface area contributed by atoms with E-state index in [1.807, 2.05) is 0 Å². The first-order valence-corrected chi connectivity index (χ1v) is 8.18. The first-order chi connectivity index (χ1) is 11.0. The third kappa shape index (κ3) is 2.87. The first kappa shape index (κ1) is 15.7. The molecule has 3 rings (SSSR count). The number of esters is 1. The molecule has 5 nitrogen and oxygen atoms in total. The first-order valence-electron chi connectivity index (χ1n) is 8.18. The molecule has 2 amide bonds. The van der Waals surface area contributed by atoms with Gasteiger partial charge in [-0.25, -0.2) is 4.79 Å². The maximum atomic E-state index is 12.5. The van der Waals surface area contributed by atoms with Gasteiger partial charge in [0.1, 0.15) is 0 Å². The van der Waals surface area contributed by atoms with E-state index < -0.39 is 5.97 Å². The van der Waals surface area contributed by atoms with Crippen LogP contribution in [0.2, 0.25) is 0 Å². The number of benzene rings is 1. The van der Waals surface area contributed by atoms with Gasteiger partial charge >= 0.3 is 5.97 Å². The Kier molecular flexibility index (Phi) is 4.20. The number of imide groups is 1. The Balaban J connectivity index is 1.80. The predicted octanol–water partition coefficient (Wildman–Crippen LogP) is 2.93. The molecule has 2 unspecified atom stereocenters. The van der Waals surface area contributed by atoms with Crippen LogP contribution in [-0.4, -0.2) is 23.9 Å². The van der Waals surface area contributed by atoms with Gasteiger partial charge in [-0.1, -0.05) is 12.8 Å². The van der Waals surface area contributed by atoms with Crippen LogP contribution in [0, 0.1) is 11.8 Å². The molecule has 0 bridgehead atoms. The average molecular weight is 315 g/mol. The zero-order valence-electron chi connectivity index (χ0n) is 13.5. The second-order valence-corrected chi connectivity index (χ2v) is 6.51. The highest BCUT2D eigenvalue weighted by Gasteiger charge is 2.48. The Bertz CT molecular complexity index is 611. The van der Waals surface area contributed by atoms with E-state index in [9.17, 15) is 14.4 Å². The van der Waals surface area contributed by atoms with E-state index >= 15 is 0 Å². The molecule has 2 atom stereocenters. The summed E-state index contributed by atoms with van der Waals surface area (Å²) >= 11 is 0. The number of hydrogen-bond acceptors (Lipinski definition) is 4. The van der Waals surface area contributed by atoms with Gasteiger partial charge < -0.3 is 4.74 Å². The fraction of sp³-hybridized carbons (Fsp3) is 0.500. The monoisotopic (exact) mass is 315 g/mol. The summed E-state index contributed by atoms with van der Waals surface area (Å²) in [5.41, 5.74) is 0.953. The average Bonchev–Trinajstić information content (AvgIpc) is 2.79. The number of fused-ring (bicyclic) bond motifs is 1. The summed E-state index contributed by atoms with van der Waals surface area (Å²) < 4.78 is 5.13. The standard InChI is InChI=1S/C18H21NO4/c1-11(2)23-18(22)12-7-9-13(10-8-12)19-16(20)14-5-3-4-6-15(14)17(19)21/h7-11,14-15H,3-6H2,1-2H3. The largest absolute Gasteiger partial charge is 0.459 e. The minimum atomic E-state index is -0.403. The Labute approximate surface area is 135 Å². The molecule has 1 aromatic carbocycles. The van der Waals surface area contributed by atoms with Gasteiger partial charge in [0.05, 0.1) is 29.2 Å². The normalized spacial score (nSPS) is 24.0. The number of anilines is 1. The second kappa shape index (κ2) is 6.14. The zero-order chi connectivity index (χ0) is 16.6. The van der Waals surface area contributed by atoms with Gasteiger partial charge in [-0.3, -0.25) is 14.5 Å². The highest BCUT2D eigenvalue weighted by Crippen LogP contribution is 2.40. The topological polar surface area (TPSA) is 63.7 Å². The molecule has 1 aliphatic carbocycles. The lowest BCUT2D eigenvalue weighted by atomic mass is 9.81. The fourth-order valence-electron chi connectivity index (χ4n) is 3.45. The maximum Gasteiger partial charge on any atom is 0.338 e. The van der Waals surface area contributed by atoms with Crippen LogP contribution < -0.4 is 4.90 Å². The zero-order valence-corrected chi connectivity index (χ0v) is 13.5. The van der Waals surface area contributed by atoms with Crippen LogP contribution in [0.1, 0.15) is 49.9 Å². The molecule has 122 valence electrons. The summed E-state index contributed by atoms with van der Waals surface area (Å²) in [5.74, 6) is -0.933. The van der Waals surface area contributed by atoms with E-state index in [0.29, 0.717) is 11.3 Å². The van der Waals surface area contributed by atoms with Crippen molar-refractivity contribution in [1.82, 2.24) is 0 Å². The predicted molar refractivity (Wildman–Crippen MR) is 84.9 cm³/mol. The van der Waals surface area contributed by atoms with Crippen molar-refractivity contribution in [2.75, 3.05) is 4.90 Å². The lowest BCUT2D eigenvalue weighted by molar-refractivity contribution is -0.122. The van der Waals surface area contributed by atoms with Crippen LogP contribution in [-0.2, 0) is 14.3 Å². The van der Waals surface area contributed by atoms with Crippen molar-refractivity contribution < 1.29 is 19.1 Å². The van der Waals surface area contributed by atoms with E-state index in [4.69, 9.17) is 4.74 Å². The molecule has 1 aliphatic heterocycles. The van der Waals surface area contributed by atoms with Gasteiger partial charge in [-0.2, -0.15) is 0 Å². The van der Waals surface area contributed by atoms with Crippen LogP contribution in [0.5, 0.6) is 0 Å². The van der Waals surface area contributed by atoms with E-state index in [-0.39, 0.29) is 29.8 Å². The Hall–Kier alpha value is -2.17. The van der Waals surface area contributed by atoms with Gasteiger partial charge in [-0.15, -0.1) is 0 Å². The fourth-order valence-corrected chi connectivity index (χ4v) is 3.45. The van der Waals surface area contributed by atoms with E-state index in [0.717, 1.165) is 25.7 Å². The van der Waals surface area contributed by atoms with Crippen molar-refractivity contribution in [3.8, 4) is 0 Å². The van der Waals surface area contributed by atoms with Gasteiger partial charge in [0.2, 0.25) is 11.8 Å². The highest BCUT2D eigenvalue weighted by molar-refractivity contribution is 6.22. The second-order valence-electron chi connectivity index (χ2n) is 6.51. The number of nitrogens with zero attached hydrogens (tertiary/aromatic N) is 1. The molecule has 1 heterocycles.